The first kappa shape index (κ1) is 10.0. The van der Waals surface area contributed by atoms with Crippen molar-refractivity contribution in [1.82, 2.24) is 5.32 Å². The van der Waals surface area contributed by atoms with Crippen LogP contribution >= 0.6 is 0 Å². The first-order valence-electron chi connectivity index (χ1n) is 5.16. The van der Waals surface area contributed by atoms with Crippen molar-refractivity contribution in [3.8, 4) is 0 Å². The predicted molar refractivity (Wildman–Crippen MR) is 51.1 cm³/mol. The number of hydrogen-bond donors (Lipinski definition) is 2. The highest BCUT2D eigenvalue weighted by Gasteiger charge is 2.20. The zero-order chi connectivity index (χ0) is 8.81. The summed E-state index contributed by atoms with van der Waals surface area (Å²) in [6.07, 6.45) is 8.07. The van der Waals surface area contributed by atoms with Crippen LogP contribution in [-0.4, -0.2) is 24.8 Å². The van der Waals surface area contributed by atoms with E-state index in [0.717, 1.165) is 0 Å². The molecule has 0 saturated heterocycles. The standard InChI is InChI=1S/C10H21NO/c1-11-10(8-12)9-6-4-2-3-5-7-9/h9-12H,2-8H2,1H3. The van der Waals surface area contributed by atoms with Crippen LogP contribution in [0.1, 0.15) is 38.5 Å². The van der Waals surface area contributed by atoms with Gasteiger partial charge in [-0.05, 0) is 25.8 Å². The molecular weight excluding hydrogens is 150 g/mol. The average molecular weight is 171 g/mol. The molecule has 2 nitrogen and oxygen atoms in total. The van der Waals surface area contributed by atoms with Gasteiger partial charge in [0.1, 0.15) is 0 Å². The van der Waals surface area contributed by atoms with Crippen LogP contribution in [0.2, 0.25) is 0 Å². The molecule has 1 saturated carbocycles. The molecule has 0 aromatic rings. The van der Waals surface area contributed by atoms with Crippen LogP contribution in [0.3, 0.4) is 0 Å². The van der Waals surface area contributed by atoms with Gasteiger partial charge < -0.3 is 10.4 Å². The van der Waals surface area contributed by atoms with E-state index in [2.05, 4.69) is 5.32 Å². The lowest BCUT2D eigenvalue weighted by atomic mass is 9.92. The quantitative estimate of drug-likeness (QED) is 0.631. The smallest absolute Gasteiger partial charge is 0.0587 e. The summed E-state index contributed by atoms with van der Waals surface area (Å²) < 4.78 is 0. The van der Waals surface area contributed by atoms with E-state index in [-0.39, 0.29) is 0 Å². The molecule has 0 heterocycles. The van der Waals surface area contributed by atoms with Crippen molar-refractivity contribution >= 4 is 0 Å². The number of hydrogen-bond acceptors (Lipinski definition) is 2. The minimum Gasteiger partial charge on any atom is -0.395 e. The van der Waals surface area contributed by atoms with Gasteiger partial charge in [-0.2, -0.15) is 0 Å². The van der Waals surface area contributed by atoms with E-state index in [4.69, 9.17) is 5.11 Å². The van der Waals surface area contributed by atoms with Crippen molar-refractivity contribution in [2.45, 2.75) is 44.6 Å². The molecule has 0 aromatic carbocycles. The second-order valence-corrected chi connectivity index (χ2v) is 3.83. The summed E-state index contributed by atoms with van der Waals surface area (Å²) in [6, 6.07) is 0.336. The van der Waals surface area contributed by atoms with Crippen LogP contribution in [0.5, 0.6) is 0 Å². The normalized spacial score (nSPS) is 23.5. The van der Waals surface area contributed by atoms with Crippen LogP contribution in [0.4, 0.5) is 0 Å². The molecule has 1 fully saturated rings. The maximum Gasteiger partial charge on any atom is 0.0587 e. The molecular formula is C10H21NO. The molecule has 1 unspecified atom stereocenters. The Kier molecular flexibility index (Phi) is 4.62. The summed E-state index contributed by atoms with van der Waals surface area (Å²) in [6.45, 7) is 0.293. The van der Waals surface area contributed by atoms with Gasteiger partial charge in [-0.3, -0.25) is 0 Å². The highest BCUT2D eigenvalue weighted by atomic mass is 16.3. The Hall–Kier alpha value is -0.0800. The molecule has 1 aliphatic rings. The molecule has 0 amide bonds. The summed E-state index contributed by atoms with van der Waals surface area (Å²) in [5, 5.41) is 12.3. The fourth-order valence-corrected chi connectivity index (χ4v) is 2.19. The van der Waals surface area contributed by atoms with Crippen molar-refractivity contribution in [1.29, 1.82) is 0 Å². The number of nitrogens with one attached hydrogen (secondary N) is 1. The average Bonchev–Trinajstić information content (AvgIpc) is 2.35. The largest absolute Gasteiger partial charge is 0.395 e. The summed E-state index contributed by atoms with van der Waals surface area (Å²) in [5.41, 5.74) is 0. The molecule has 72 valence electrons. The monoisotopic (exact) mass is 171 g/mol. The van der Waals surface area contributed by atoms with Crippen molar-refractivity contribution in [2.75, 3.05) is 13.7 Å². The Morgan fingerprint density at radius 1 is 1.25 bits per heavy atom. The Labute approximate surface area is 75.4 Å². The molecule has 1 atom stereocenters. The second-order valence-electron chi connectivity index (χ2n) is 3.83. The predicted octanol–water partition coefficient (Wildman–Crippen LogP) is 1.54. The Bertz CT molecular complexity index is 104. The van der Waals surface area contributed by atoms with E-state index in [1.54, 1.807) is 0 Å². The number of likely N-dealkylation sites (N-methyl/N-ethyl adjacent to an activating group) is 1. The van der Waals surface area contributed by atoms with Crippen molar-refractivity contribution in [3.05, 3.63) is 0 Å². The molecule has 1 rings (SSSR count). The Morgan fingerprint density at radius 3 is 2.25 bits per heavy atom. The van der Waals surface area contributed by atoms with Gasteiger partial charge in [-0.15, -0.1) is 0 Å². The van der Waals surface area contributed by atoms with Crippen LogP contribution in [0.15, 0.2) is 0 Å². The number of rotatable bonds is 3. The van der Waals surface area contributed by atoms with Gasteiger partial charge >= 0.3 is 0 Å². The van der Waals surface area contributed by atoms with E-state index in [1.165, 1.54) is 38.5 Å². The molecule has 12 heavy (non-hydrogen) atoms. The van der Waals surface area contributed by atoms with Gasteiger partial charge in [0.05, 0.1) is 6.61 Å². The summed E-state index contributed by atoms with van der Waals surface area (Å²) in [7, 11) is 1.95. The van der Waals surface area contributed by atoms with Crippen molar-refractivity contribution in [3.63, 3.8) is 0 Å². The zero-order valence-corrected chi connectivity index (χ0v) is 8.05. The fourth-order valence-electron chi connectivity index (χ4n) is 2.19. The molecule has 2 heteroatoms. The van der Waals surface area contributed by atoms with E-state index < -0.39 is 0 Å². The molecule has 0 bridgehead atoms. The summed E-state index contributed by atoms with van der Waals surface area (Å²) in [5.74, 6) is 0.711. The molecule has 1 aliphatic carbocycles. The first-order chi connectivity index (χ1) is 5.88. The minimum absolute atomic E-state index is 0.293. The molecule has 0 aromatic heterocycles. The SMILES string of the molecule is CNC(CO)C1CCCCCC1. The lowest BCUT2D eigenvalue weighted by Crippen LogP contribution is -2.36. The minimum atomic E-state index is 0.293. The molecule has 0 radical (unpaired) electrons. The van der Waals surface area contributed by atoms with E-state index in [0.29, 0.717) is 18.6 Å². The third-order valence-electron chi connectivity index (χ3n) is 3.04. The van der Waals surface area contributed by atoms with Gasteiger partial charge in [-0.25, -0.2) is 0 Å². The van der Waals surface area contributed by atoms with E-state index in [9.17, 15) is 0 Å². The lowest BCUT2D eigenvalue weighted by Gasteiger charge is -2.23. The van der Waals surface area contributed by atoms with E-state index in [1.807, 2.05) is 7.05 Å². The lowest BCUT2D eigenvalue weighted by molar-refractivity contribution is 0.194. The van der Waals surface area contributed by atoms with Crippen molar-refractivity contribution in [2.24, 2.45) is 5.92 Å². The highest BCUT2D eigenvalue weighted by Crippen LogP contribution is 2.25. The van der Waals surface area contributed by atoms with Gasteiger partial charge in [-0.1, -0.05) is 25.7 Å². The van der Waals surface area contributed by atoms with Gasteiger partial charge in [0.2, 0.25) is 0 Å². The van der Waals surface area contributed by atoms with Gasteiger partial charge in [0.15, 0.2) is 0 Å². The number of aliphatic hydroxyl groups is 1. The van der Waals surface area contributed by atoms with E-state index >= 15 is 0 Å². The maximum atomic E-state index is 9.11. The van der Waals surface area contributed by atoms with Crippen LogP contribution in [0, 0.1) is 5.92 Å². The van der Waals surface area contributed by atoms with Crippen LogP contribution < -0.4 is 5.32 Å². The summed E-state index contributed by atoms with van der Waals surface area (Å²) >= 11 is 0. The second kappa shape index (κ2) is 5.55. The Balaban J connectivity index is 2.35. The first-order valence-corrected chi connectivity index (χ1v) is 5.16. The molecule has 0 spiro atoms. The maximum absolute atomic E-state index is 9.11. The summed E-state index contributed by atoms with van der Waals surface area (Å²) in [4.78, 5) is 0. The molecule has 0 aliphatic heterocycles. The number of aliphatic hydroxyl groups excluding tert-OH is 1. The van der Waals surface area contributed by atoms with Crippen LogP contribution in [-0.2, 0) is 0 Å². The molecule has 2 N–H and O–H groups in total. The van der Waals surface area contributed by atoms with Crippen LogP contribution in [0.25, 0.3) is 0 Å². The fraction of sp³-hybridized carbons (Fsp3) is 1.00. The third kappa shape index (κ3) is 2.76. The zero-order valence-electron chi connectivity index (χ0n) is 8.05. The topological polar surface area (TPSA) is 32.3 Å². The third-order valence-corrected chi connectivity index (χ3v) is 3.04. The Morgan fingerprint density at radius 2 is 1.83 bits per heavy atom. The highest BCUT2D eigenvalue weighted by molar-refractivity contribution is 4.76. The van der Waals surface area contributed by atoms with Crippen molar-refractivity contribution < 1.29 is 5.11 Å². The van der Waals surface area contributed by atoms with Gasteiger partial charge in [0.25, 0.3) is 0 Å². The van der Waals surface area contributed by atoms with Gasteiger partial charge in [0, 0.05) is 6.04 Å².